The predicted octanol–water partition coefficient (Wildman–Crippen LogP) is 2.71. The topological polar surface area (TPSA) is 37.3 Å². The van der Waals surface area contributed by atoms with E-state index < -0.39 is 20.0 Å². The minimum Gasteiger partial charge on any atom is -0.341 e. The predicted molar refractivity (Wildman–Crippen MR) is 56.2 cm³/mol. The average molecular weight is 252 g/mol. The first-order valence-corrected chi connectivity index (χ1v) is 6.58. The molecule has 1 unspecified atom stereocenters. The minimum absolute atomic E-state index is 0.0676. The lowest BCUT2D eigenvalue weighted by atomic mass is 10.1. The molecule has 0 radical (unpaired) electrons. The van der Waals surface area contributed by atoms with Crippen LogP contribution in [0.3, 0.4) is 0 Å². The van der Waals surface area contributed by atoms with Crippen LogP contribution < -0.4 is 5.30 Å². The van der Waals surface area contributed by atoms with Gasteiger partial charge in [0.05, 0.1) is 6.42 Å². The van der Waals surface area contributed by atoms with Crippen molar-refractivity contribution in [3.63, 3.8) is 0 Å². The van der Waals surface area contributed by atoms with E-state index in [2.05, 4.69) is 0 Å². The van der Waals surface area contributed by atoms with Gasteiger partial charge in [-0.25, -0.2) is 0 Å². The molecule has 0 aromatic heterocycles. The SMILES string of the molecule is CCP(=O)(O)c1ccccc1CC(F)(F)F. The number of halogens is 3. The van der Waals surface area contributed by atoms with Crippen LogP contribution in [-0.2, 0) is 11.0 Å². The Morgan fingerprint density at radius 2 is 1.88 bits per heavy atom. The van der Waals surface area contributed by atoms with Crippen LogP contribution >= 0.6 is 7.37 Å². The van der Waals surface area contributed by atoms with Gasteiger partial charge in [0.25, 0.3) is 0 Å². The molecular formula is C10H12F3O2P. The van der Waals surface area contributed by atoms with Crippen LogP contribution in [0.1, 0.15) is 12.5 Å². The molecule has 90 valence electrons. The summed E-state index contributed by atoms with van der Waals surface area (Å²) in [6, 6.07) is 5.42. The van der Waals surface area contributed by atoms with E-state index in [4.69, 9.17) is 0 Å². The molecule has 0 aliphatic carbocycles. The molecule has 1 N–H and O–H groups in total. The molecule has 16 heavy (non-hydrogen) atoms. The third kappa shape index (κ3) is 3.35. The zero-order chi connectivity index (χ0) is 12.4. The second kappa shape index (κ2) is 4.60. The van der Waals surface area contributed by atoms with E-state index in [0.717, 1.165) is 0 Å². The van der Waals surface area contributed by atoms with Crippen molar-refractivity contribution >= 4 is 12.7 Å². The first kappa shape index (κ1) is 13.3. The van der Waals surface area contributed by atoms with Gasteiger partial charge in [0.15, 0.2) is 0 Å². The van der Waals surface area contributed by atoms with E-state index >= 15 is 0 Å². The Bertz CT molecular complexity index is 415. The molecule has 0 saturated carbocycles. The maximum atomic E-state index is 12.2. The molecule has 0 amide bonds. The highest BCUT2D eigenvalue weighted by molar-refractivity contribution is 7.66. The number of alkyl halides is 3. The van der Waals surface area contributed by atoms with Gasteiger partial charge in [0.2, 0.25) is 7.37 Å². The molecule has 0 heterocycles. The summed E-state index contributed by atoms with van der Waals surface area (Å²) >= 11 is 0. The standard InChI is InChI=1S/C10H12F3O2P/c1-2-16(14,15)9-6-4-3-5-8(9)7-10(11,12)13/h3-6H,2,7H2,1H3,(H,14,15). The van der Waals surface area contributed by atoms with Gasteiger partial charge in [-0.15, -0.1) is 0 Å². The molecule has 0 bridgehead atoms. The summed E-state index contributed by atoms with van der Waals surface area (Å²) < 4.78 is 48.4. The van der Waals surface area contributed by atoms with Gasteiger partial charge in [0.1, 0.15) is 0 Å². The molecular weight excluding hydrogens is 240 g/mol. The molecule has 6 heteroatoms. The largest absolute Gasteiger partial charge is 0.393 e. The number of rotatable bonds is 3. The van der Waals surface area contributed by atoms with E-state index in [-0.39, 0.29) is 17.0 Å². The Hall–Kier alpha value is -0.800. The van der Waals surface area contributed by atoms with Gasteiger partial charge in [-0.2, -0.15) is 13.2 Å². The lowest BCUT2D eigenvalue weighted by Crippen LogP contribution is -2.20. The third-order valence-corrected chi connectivity index (χ3v) is 4.23. The number of hydrogen-bond donors (Lipinski definition) is 1. The second-order valence-corrected chi connectivity index (χ2v) is 5.96. The lowest BCUT2D eigenvalue weighted by molar-refractivity contribution is -0.127. The molecule has 1 aromatic rings. The normalized spacial score (nSPS) is 15.8. The highest BCUT2D eigenvalue weighted by Crippen LogP contribution is 2.40. The van der Waals surface area contributed by atoms with Crippen LogP contribution in [-0.4, -0.2) is 17.2 Å². The summed E-state index contributed by atoms with van der Waals surface area (Å²) in [5, 5.41) is -0.0881. The molecule has 2 nitrogen and oxygen atoms in total. The quantitative estimate of drug-likeness (QED) is 0.840. The minimum atomic E-state index is -4.37. The van der Waals surface area contributed by atoms with Gasteiger partial charge in [-0.1, -0.05) is 25.1 Å². The molecule has 0 aliphatic heterocycles. The maximum Gasteiger partial charge on any atom is 0.393 e. The Morgan fingerprint density at radius 3 is 2.38 bits per heavy atom. The van der Waals surface area contributed by atoms with E-state index in [0.29, 0.717) is 0 Å². The first-order chi connectivity index (χ1) is 7.26. The van der Waals surface area contributed by atoms with Gasteiger partial charge in [0, 0.05) is 11.5 Å². The summed E-state index contributed by atoms with van der Waals surface area (Å²) in [5.74, 6) is 0. The zero-order valence-corrected chi connectivity index (χ0v) is 9.55. The summed E-state index contributed by atoms with van der Waals surface area (Å²) in [6.45, 7) is 1.48. The van der Waals surface area contributed by atoms with Crippen molar-refractivity contribution in [2.24, 2.45) is 0 Å². The van der Waals surface area contributed by atoms with Crippen LogP contribution in [0.15, 0.2) is 24.3 Å². The Balaban J connectivity index is 3.16. The van der Waals surface area contributed by atoms with Crippen molar-refractivity contribution in [2.45, 2.75) is 19.5 Å². The first-order valence-electron chi connectivity index (χ1n) is 4.73. The zero-order valence-electron chi connectivity index (χ0n) is 8.66. The summed E-state index contributed by atoms with van der Waals surface area (Å²) in [7, 11) is -3.65. The molecule has 0 aliphatic rings. The fraction of sp³-hybridized carbons (Fsp3) is 0.400. The monoisotopic (exact) mass is 252 g/mol. The van der Waals surface area contributed by atoms with Crippen molar-refractivity contribution in [3.05, 3.63) is 29.8 Å². The molecule has 0 saturated heterocycles. The third-order valence-electron chi connectivity index (χ3n) is 2.19. The van der Waals surface area contributed by atoms with E-state index in [1.165, 1.54) is 31.2 Å². The fourth-order valence-corrected chi connectivity index (χ4v) is 2.65. The van der Waals surface area contributed by atoms with Crippen molar-refractivity contribution in [1.82, 2.24) is 0 Å². The van der Waals surface area contributed by atoms with Crippen molar-refractivity contribution in [3.8, 4) is 0 Å². The van der Waals surface area contributed by atoms with Crippen LogP contribution in [0.4, 0.5) is 13.2 Å². The highest BCUT2D eigenvalue weighted by Gasteiger charge is 2.31. The van der Waals surface area contributed by atoms with E-state index in [1.807, 2.05) is 0 Å². The highest BCUT2D eigenvalue weighted by atomic mass is 31.2. The summed E-state index contributed by atoms with van der Waals surface area (Å²) in [6.07, 6.45) is -5.61. The van der Waals surface area contributed by atoms with Crippen molar-refractivity contribution < 1.29 is 22.6 Å². The van der Waals surface area contributed by atoms with Gasteiger partial charge in [-0.05, 0) is 11.6 Å². The smallest absolute Gasteiger partial charge is 0.341 e. The number of hydrogen-bond acceptors (Lipinski definition) is 1. The Morgan fingerprint density at radius 1 is 1.31 bits per heavy atom. The fourth-order valence-electron chi connectivity index (χ4n) is 1.39. The van der Waals surface area contributed by atoms with Crippen molar-refractivity contribution in [2.75, 3.05) is 6.16 Å². The van der Waals surface area contributed by atoms with E-state index in [1.54, 1.807) is 0 Å². The maximum absolute atomic E-state index is 12.2. The van der Waals surface area contributed by atoms with Gasteiger partial charge >= 0.3 is 6.18 Å². The van der Waals surface area contributed by atoms with Gasteiger partial charge < -0.3 is 4.89 Å². The van der Waals surface area contributed by atoms with Crippen LogP contribution in [0.2, 0.25) is 0 Å². The molecule has 1 rings (SSSR count). The second-order valence-electron chi connectivity index (χ2n) is 3.44. The average Bonchev–Trinajstić information content (AvgIpc) is 2.16. The molecule has 0 fully saturated rings. The summed E-state index contributed by atoms with van der Waals surface area (Å²) in [4.78, 5) is 9.56. The lowest BCUT2D eigenvalue weighted by Gasteiger charge is -2.15. The Kier molecular flexibility index (Phi) is 3.81. The summed E-state index contributed by atoms with van der Waals surface area (Å²) in [5.41, 5.74) is -0.123. The van der Waals surface area contributed by atoms with Gasteiger partial charge in [-0.3, -0.25) is 4.57 Å². The van der Waals surface area contributed by atoms with Crippen LogP contribution in [0.5, 0.6) is 0 Å². The molecule has 1 atom stereocenters. The van der Waals surface area contributed by atoms with Crippen LogP contribution in [0, 0.1) is 0 Å². The van der Waals surface area contributed by atoms with E-state index in [9.17, 15) is 22.6 Å². The Labute approximate surface area is 91.6 Å². The molecule has 1 aromatic carbocycles. The molecule has 0 spiro atoms. The van der Waals surface area contributed by atoms with Crippen molar-refractivity contribution in [1.29, 1.82) is 0 Å². The number of benzene rings is 1. The van der Waals surface area contributed by atoms with Crippen LogP contribution in [0.25, 0.3) is 0 Å².